The summed E-state index contributed by atoms with van der Waals surface area (Å²) in [5.41, 5.74) is 6.30. The van der Waals surface area contributed by atoms with E-state index in [0.717, 1.165) is 6.54 Å². The molecule has 1 aromatic carbocycles. The Morgan fingerprint density at radius 2 is 2.07 bits per heavy atom. The Kier molecular flexibility index (Phi) is 4.13. The third-order valence-electron chi connectivity index (χ3n) is 2.00. The molecule has 0 aliphatic rings. The third-order valence-corrected chi connectivity index (χ3v) is 2.00. The minimum atomic E-state index is -0.266. The van der Waals surface area contributed by atoms with Crippen LogP contribution < -0.4 is 11.1 Å². The molecule has 1 amide bonds. The number of hydrogen-bond donors (Lipinski definition) is 2. The summed E-state index contributed by atoms with van der Waals surface area (Å²) in [5, 5.41) is 3.23. The quantitative estimate of drug-likeness (QED) is 0.732. The predicted molar refractivity (Wildman–Crippen MR) is 56.6 cm³/mol. The second-order valence-corrected chi connectivity index (χ2v) is 3.44. The highest BCUT2D eigenvalue weighted by molar-refractivity contribution is 5.74. The normalized spacial score (nSPS) is 12.4. The lowest BCUT2D eigenvalue weighted by atomic mass is 10.2. The largest absolute Gasteiger partial charge is 0.370 e. The summed E-state index contributed by atoms with van der Waals surface area (Å²) in [4.78, 5) is 10.6. The van der Waals surface area contributed by atoms with Gasteiger partial charge in [0.2, 0.25) is 5.91 Å². The SMILES string of the molecule is C[C@H](CC(N)=O)NCc1ccccc1. The predicted octanol–water partition coefficient (Wildman–Crippen LogP) is 1.04. The van der Waals surface area contributed by atoms with Crippen LogP contribution in [-0.4, -0.2) is 11.9 Å². The summed E-state index contributed by atoms with van der Waals surface area (Å²) in [6.45, 7) is 2.73. The molecule has 0 aromatic heterocycles. The number of nitrogens with two attached hydrogens (primary N) is 1. The van der Waals surface area contributed by atoms with E-state index >= 15 is 0 Å². The summed E-state index contributed by atoms with van der Waals surface area (Å²) in [6.07, 6.45) is 0.382. The van der Waals surface area contributed by atoms with Gasteiger partial charge in [-0.25, -0.2) is 0 Å². The highest BCUT2D eigenvalue weighted by Gasteiger charge is 2.04. The first kappa shape index (κ1) is 10.7. The van der Waals surface area contributed by atoms with Gasteiger partial charge in [-0.15, -0.1) is 0 Å². The Labute approximate surface area is 84.3 Å². The molecule has 0 unspecified atom stereocenters. The van der Waals surface area contributed by atoms with Crippen molar-refractivity contribution >= 4 is 5.91 Å². The Bertz CT molecular complexity index is 285. The minimum Gasteiger partial charge on any atom is -0.370 e. The van der Waals surface area contributed by atoms with E-state index in [1.54, 1.807) is 0 Å². The molecule has 3 nitrogen and oxygen atoms in total. The maximum Gasteiger partial charge on any atom is 0.218 e. The Balaban J connectivity index is 2.30. The van der Waals surface area contributed by atoms with Crippen molar-refractivity contribution in [2.45, 2.75) is 25.9 Å². The van der Waals surface area contributed by atoms with E-state index in [2.05, 4.69) is 5.32 Å². The van der Waals surface area contributed by atoms with Crippen LogP contribution in [0.4, 0.5) is 0 Å². The van der Waals surface area contributed by atoms with Gasteiger partial charge in [-0.05, 0) is 12.5 Å². The number of hydrogen-bond acceptors (Lipinski definition) is 2. The van der Waals surface area contributed by atoms with Crippen LogP contribution in [0, 0.1) is 0 Å². The molecule has 14 heavy (non-hydrogen) atoms. The monoisotopic (exact) mass is 192 g/mol. The minimum absolute atomic E-state index is 0.132. The third kappa shape index (κ3) is 4.05. The number of carbonyl (C=O) groups is 1. The fourth-order valence-electron chi connectivity index (χ4n) is 1.26. The van der Waals surface area contributed by atoms with Crippen molar-refractivity contribution in [3.63, 3.8) is 0 Å². The van der Waals surface area contributed by atoms with Crippen LogP contribution in [0.2, 0.25) is 0 Å². The van der Waals surface area contributed by atoms with Gasteiger partial charge in [0.05, 0.1) is 0 Å². The molecule has 0 aliphatic carbocycles. The van der Waals surface area contributed by atoms with Gasteiger partial charge in [-0.2, -0.15) is 0 Å². The molecule has 0 radical (unpaired) electrons. The zero-order valence-electron chi connectivity index (χ0n) is 8.36. The zero-order chi connectivity index (χ0) is 10.4. The molecule has 3 N–H and O–H groups in total. The Morgan fingerprint density at radius 1 is 1.43 bits per heavy atom. The molecule has 3 heteroatoms. The molecule has 1 aromatic rings. The lowest BCUT2D eigenvalue weighted by Crippen LogP contribution is -2.30. The maximum absolute atomic E-state index is 10.6. The topological polar surface area (TPSA) is 55.1 Å². The summed E-state index contributed by atoms with van der Waals surface area (Å²) >= 11 is 0. The summed E-state index contributed by atoms with van der Waals surface area (Å²) < 4.78 is 0. The molecule has 0 spiro atoms. The van der Waals surface area contributed by atoms with Gasteiger partial charge in [-0.1, -0.05) is 30.3 Å². The molecule has 1 atom stereocenters. The van der Waals surface area contributed by atoms with Crippen molar-refractivity contribution in [3.8, 4) is 0 Å². The highest BCUT2D eigenvalue weighted by atomic mass is 16.1. The number of benzene rings is 1. The molecule has 0 fully saturated rings. The van der Waals surface area contributed by atoms with Crippen LogP contribution in [-0.2, 0) is 11.3 Å². The van der Waals surface area contributed by atoms with E-state index in [9.17, 15) is 4.79 Å². The standard InChI is InChI=1S/C11H16N2O/c1-9(7-11(12)14)13-8-10-5-3-2-4-6-10/h2-6,9,13H,7-8H2,1H3,(H2,12,14)/t9-/m1/s1. The molecular weight excluding hydrogens is 176 g/mol. The van der Waals surface area contributed by atoms with Crippen LogP contribution in [0.5, 0.6) is 0 Å². The van der Waals surface area contributed by atoms with Gasteiger partial charge in [0.15, 0.2) is 0 Å². The van der Waals surface area contributed by atoms with Gasteiger partial charge in [0.1, 0.15) is 0 Å². The number of carbonyl (C=O) groups excluding carboxylic acids is 1. The van der Waals surface area contributed by atoms with Crippen molar-refractivity contribution in [2.24, 2.45) is 5.73 Å². The van der Waals surface area contributed by atoms with E-state index in [4.69, 9.17) is 5.73 Å². The van der Waals surface area contributed by atoms with Crippen LogP contribution in [0.15, 0.2) is 30.3 Å². The first-order valence-electron chi connectivity index (χ1n) is 4.74. The number of nitrogens with one attached hydrogen (secondary N) is 1. The average molecular weight is 192 g/mol. The zero-order valence-corrected chi connectivity index (χ0v) is 8.36. The summed E-state index contributed by atoms with van der Waals surface area (Å²) in [6, 6.07) is 10.2. The average Bonchev–Trinajstić information content (AvgIpc) is 2.15. The summed E-state index contributed by atoms with van der Waals surface area (Å²) in [5.74, 6) is -0.266. The first-order valence-corrected chi connectivity index (χ1v) is 4.74. The van der Waals surface area contributed by atoms with E-state index in [1.165, 1.54) is 5.56 Å². The van der Waals surface area contributed by atoms with Crippen LogP contribution in [0.3, 0.4) is 0 Å². The molecule has 0 bridgehead atoms. The van der Waals surface area contributed by atoms with E-state index in [-0.39, 0.29) is 11.9 Å². The van der Waals surface area contributed by atoms with Crippen LogP contribution in [0.25, 0.3) is 0 Å². The molecule has 1 rings (SSSR count). The van der Waals surface area contributed by atoms with Gasteiger partial charge in [-0.3, -0.25) is 4.79 Å². The number of amides is 1. The Hall–Kier alpha value is -1.35. The number of rotatable bonds is 5. The fourth-order valence-corrected chi connectivity index (χ4v) is 1.26. The lowest BCUT2D eigenvalue weighted by Gasteiger charge is -2.11. The molecule has 0 aliphatic heterocycles. The van der Waals surface area contributed by atoms with Crippen molar-refractivity contribution in [3.05, 3.63) is 35.9 Å². The van der Waals surface area contributed by atoms with Crippen LogP contribution >= 0.6 is 0 Å². The van der Waals surface area contributed by atoms with E-state index in [1.807, 2.05) is 37.3 Å². The molecule has 76 valence electrons. The van der Waals surface area contributed by atoms with Gasteiger partial charge < -0.3 is 11.1 Å². The Morgan fingerprint density at radius 3 is 2.64 bits per heavy atom. The van der Waals surface area contributed by atoms with Crippen LogP contribution in [0.1, 0.15) is 18.9 Å². The van der Waals surface area contributed by atoms with E-state index in [0.29, 0.717) is 6.42 Å². The fraction of sp³-hybridized carbons (Fsp3) is 0.364. The second kappa shape index (κ2) is 5.40. The van der Waals surface area contributed by atoms with Gasteiger partial charge in [0, 0.05) is 19.0 Å². The van der Waals surface area contributed by atoms with E-state index < -0.39 is 0 Å². The van der Waals surface area contributed by atoms with Crippen molar-refractivity contribution in [1.29, 1.82) is 0 Å². The molecule has 0 saturated heterocycles. The summed E-state index contributed by atoms with van der Waals surface area (Å²) in [7, 11) is 0. The molecular formula is C11H16N2O. The molecule has 0 heterocycles. The second-order valence-electron chi connectivity index (χ2n) is 3.44. The van der Waals surface area contributed by atoms with Crippen molar-refractivity contribution in [1.82, 2.24) is 5.32 Å². The lowest BCUT2D eigenvalue weighted by molar-refractivity contribution is -0.118. The van der Waals surface area contributed by atoms with Gasteiger partial charge >= 0.3 is 0 Å². The first-order chi connectivity index (χ1) is 6.68. The maximum atomic E-state index is 10.6. The highest BCUT2D eigenvalue weighted by Crippen LogP contribution is 1.99. The molecule has 0 saturated carbocycles. The number of primary amides is 1. The van der Waals surface area contributed by atoms with Crippen molar-refractivity contribution < 1.29 is 4.79 Å². The van der Waals surface area contributed by atoms with Crippen molar-refractivity contribution in [2.75, 3.05) is 0 Å². The van der Waals surface area contributed by atoms with Gasteiger partial charge in [0.25, 0.3) is 0 Å². The smallest absolute Gasteiger partial charge is 0.218 e.